The summed E-state index contributed by atoms with van der Waals surface area (Å²) in [7, 11) is -1.95. The van der Waals surface area contributed by atoms with Crippen molar-refractivity contribution >= 4 is 15.9 Å². The standard InChI is InChI=1S/C12H20N4O3S/c1-9(20(13,18)19)12(17)16-5-3-10(4-6-16)11-7-14-15(2)8-11/h7-10H,3-6H2,1-2H3,(H2,13,18,19). The van der Waals surface area contributed by atoms with Gasteiger partial charge in [0, 0.05) is 26.3 Å². The molecule has 1 amide bonds. The van der Waals surface area contributed by atoms with Gasteiger partial charge in [-0.1, -0.05) is 0 Å². The molecule has 1 fully saturated rings. The summed E-state index contributed by atoms with van der Waals surface area (Å²) >= 11 is 0. The van der Waals surface area contributed by atoms with E-state index in [0.717, 1.165) is 12.8 Å². The van der Waals surface area contributed by atoms with Gasteiger partial charge in [-0.15, -0.1) is 0 Å². The second-order valence-electron chi connectivity index (χ2n) is 5.28. The van der Waals surface area contributed by atoms with Gasteiger partial charge in [-0.25, -0.2) is 13.6 Å². The molecule has 1 aromatic rings. The first-order valence-corrected chi connectivity index (χ1v) is 8.19. The third kappa shape index (κ3) is 3.18. The number of likely N-dealkylation sites (tertiary alicyclic amines) is 1. The smallest absolute Gasteiger partial charge is 0.242 e. The van der Waals surface area contributed by atoms with Crippen LogP contribution >= 0.6 is 0 Å². The molecule has 1 aliphatic rings. The van der Waals surface area contributed by atoms with Crippen LogP contribution in [0.15, 0.2) is 12.4 Å². The van der Waals surface area contributed by atoms with Gasteiger partial charge in [0.25, 0.3) is 0 Å². The van der Waals surface area contributed by atoms with Crippen LogP contribution in [-0.2, 0) is 21.9 Å². The first-order valence-electron chi connectivity index (χ1n) is 6.58. The number of amides is 1. The van der Waals surface area contributed by atoms with Crippen molar-refractivity contribution in [2.45, 2.75) is 30.9 Å². The predicted octanol–water partition coefficient (Wildman–Crippen LogP) is -0.197. The van der Waals surface area contributed by atoms with Crippen LogP contribution in [0.2, 0.25) is 0 Å². The minimum absolute atomic E-state index is 0.373. The average Bonchev–Trinajstić information content (AvgIpc) is 2.83. The molecule has 2 N–H and O–H groups in total. The lowest BCUT2D eigenvalue weighted by atomic mass is 9.91. The van der Waals surface area contributed by atoms with Crippen LogP contribution in [0.4, 0.5) is 0 Å². The van der Waals surface area contributed by atoms with E-state index in [9.17, 15) is 13.2 Å². The summed E-state index contributed by atoms with van der Waals surface area (Å²) in [5.74, 6) is -0.0327. The second-order valence-corrected chi connectivity index (χ2v) is 7.16. The molecule has 0 saturated carbocycles. The zero-order valence-corrected chi connectivity index (χ0v) is 12.5. The zero-order valence-electron chi connectivity index (χ0n) is 11.7. The van der Waals surface area contributed by atoms with Crippen molar-refractivity contribution < 1.29 is 13.2 Å². The number of sulfonamides is 1. The van der Waals surface area contributed by atoms with Crippen molar-refractivity contribution in [3.05, 3.63) is 18.0 Å². The number of nitrogens with two attached hydrogens (primary N) is 1. The number of hydrogen-bond acceptors (Lipinski definition) is 4. The van der Waals surface area contributed by atoms with Crippen molar-refractivity contribution in [2.75, 3.05) is 13.1 Å². The van der Waals surface area contributed by atoms with E-state index in [1.54, 1.807) is 9.58 Å². The van der Waals surface area contributed by atoms with Crippen molar-refractivity contribution in [3.8, 4) is 0 Å². The quantitative estimate of drug-likeness (QED) is 0.836. The molecule has 2 rings (SSSR count). The molecule has 1 aromatic heterocycles. The summed E-state index contributed by atoms with van der Waals surface area (Å²) in [6, 6.07) is 0. The molecule has 8 heteroatoms. The number of aromatic nitrogens is 2. The molecule has 1 aliphatic heterocycles. The Morgan fingerprint density at radius 3 is 2.50 bits per heavy atom. The zero-order chi connectivity index (χ0) is 14.9. The van der Waals surface area contributed by atoms with E-state index in [0.29, 0.717) is 19.0 Å². The van der Waals surface area contributed by atoms with E-state index in [1.165, 1.54) is 12.5 Å². The molecule has 7 nitrogen and oxygen atoms in total. The number of primary sulfonamides is 1. The van der Waals surface area contributed by atoms with Crippen molar-refractivity contribution in [1.82, 2.24) is 14.7 Å². The van der Waals surface area contributed by atoms with E-state index in [2.05, 4.69) is 5.10 Å². The van der Waals surface area contributed by atoms with Gasteiger partial charge in [0.05, 0.1) is 6.20 Å². The minimum Gasteiger partial charge on any atom is -0.341 e. The van der Waals surface area contributed by atoms with Gasteiger partial charge in [-0.3, -0.25) is 9.48 Å². The normalized spacial score (nSPS) is 19.1. The maximum atomic E-state index is 12.0. The average molecular weight is 300 g/mol. The minimum atomic E-state index is -3.82. The molecular formula is C12H20N4O3S. The largest absolute Gasteiger partial charge is 0.341 e. The lowest BCUT2D eigenvalue weighted by molar-refractivity contribution is -0.131. The van der Waals surface area contributed by atoms with Gasteiger partial charge in [-0.05, 0) is 31.2 Å². The third-order valence-corrected chi connectivity index (χ3v) is 5.03. The SMILES string of the molecule is CC(C(=O)N1CCC(c2cnn(C)c2)CC1)S(N)(=O)=O. The lowest BCUT2D eigenvalue weighted by Crippen LogP contribution is -2.46. The number of rotatable bonds is 3. The Morgan fingerprint density at radius 1 is 1.45 bits per heavy atom. The fourth-order valence-electron chi connectivity index (χ4n) is 2.48. The second kappa shape index (κ2) is 5.53. The van der Waals surface area contributed by atoms with E-state index in [1.807, 2.05) is 19.4 Å². The maximum absolute atomic E-state index is 12.0. The fraction of sp³-hybridized carbons (Fsp3) is 0.667. The van der Waals surface area contributed by atoms with Crippen molar-refractivity contribution in [3.63, 3.8) is 0 Å². The maximum Gasteiger partial charge on any atom is 0.242 e. The molecule has 20 heavy (non-hydrogen) atoms. The molecule has 2 heterocycles. The van der Waals surface area contributed by atoms with Crippen LogP contribution < -0.4 is 5.14 Å². The van der Waals surface area contributed by atoms with Crippen LogP contribution in [0.5, 0.6) is 0 Å². The molecule has 0 aliphatic carbocycles. The molecule has 1 atom stereocenters. The number of carbonyl (C=O) groups is 1. The van der Waals surface area contributed by atoms with Crippen LogP contribution in [0.1, 0.15) is 31.2 Å². The topological polar surface area (TPSA) is 98.3 Å². The number of nitrogens with zero attached hydrogens (tertiary/aromatic N) is 3. The lowest BCUT2D eigenvalue weighted by Gasteiger charge is -2.32. The van der Waals surface area contributed by atoms with E-state index < -0.39 is 21.2 Å². The fourth-order valence-corrected chi connectivity index (χ4v) is 2.91. The Labute approximate surface area is 118 Å². The van der Waals surface area contributed by atoms with E-state index in [4.69, 9.17) is 5.14 Å². The molecular weight excluding hydrogens is 280 g/mol. The van der Waals surface area contributed by atoms with Gasteiger partial charge < -0.3 is 4.90 Å². The Hall–Kier alpha value is -1.41. The van der Waals surface area contributed by atoms with Gasteiger partial charge in [0.2, 0.25) is 15.9 Å². The Bertz CT molecular complexity index is 588. The summed E-state index contributed by atoms with van der Waals surface area (Å²) in [5, 5.41) is 8.00. The number of aryl methyl sites for hydroxylation is 1. The summed E-state index contributed by atoms with van der Waals surface area (Å²) < 4.78 is 24.2. The van der Waals surface area contributed by atoms with Crippen molar-refractivity contribution in [2.24, 2.45) is 12.2 Å². The molecule has 1 unspecified atom stereocenters. The summed E-state index contributed by atoms with van der Waals surface area (Å²) in [6.45, 7) is 2.45. The molecule has 0 radical (unpaired) electrons. The molecule has 0 aromatic carbocycles. The first-order chi connectivity index (χ1) is 9.29. The van der Waals surface area contributed by atoms with E-state index in [-0.39, 0.29) is 0 Å². The van der Waals surface area contributed by atoms with Gasteiger partial charge in [0.15, 0.2) is 5.25 Å². The number of hydrogen-bond donors (Lipinski definition) is 1. The third-order valence-electron chi connectivity index (χ3n) is 3.84. The first kappa shape index (κ1) is 15.0. The summed E-state index contributed by atoms with van der Waals surface area (Å²) in [4.78, 5) is 13.6. The van der Waals surface area contributed by atoms with Crippen LogP contribution in [0, 0.1) is 0 Å². The molecule has 0 spiro atoms. The Kier molecular flexibility index (Phi) is 4.14. The highest BCUT2D eigenvalue weighted by molar-refractivity contribution is 7.90. The molecule has 0 bridgehead atoms. The van der Waals surface area contributed by atoms with Gasteiger partial charge >= 0.3 is 0 Å². The Morgan fingerprint density at radius 2 is 2.05 bits per heavy atom. The molecule has 1 saturated heterocycles. The van der Waals surface area contributed by atoms with Crippen LogP contribution in [0.25, 0.3) is 0 Å². The van der Waals surface area contributed by atoms with Gasteiger partial charge in [-0.2, -0.15) is 5.10 Å². The van der Waals surface area contributed by atoms with Gasteiger partial charge in [0.1, 0.15) is 0 Å². The highest BCUT2D eigenvalue weighted by atomic mass is 32.2. The summed E-state index contributed by atoms with van der Waals surface area (Å²) in [6.07, 6.45) is 5.45. The highest BCUT2D eigenvalue weighted by Gasteiger charge is 2.31. The van der Waals surface area contributed by atoms with Crippen LogP contribution in [-0.4, -0.2) is 47.3 Å². The van der Waals surface area contributed by atoms with E-state index >= 15 is 0 Å². The Balaban J connectivity index is 1.96. The van der Waals surface area contributed by atoms with Crippen LogP contribution in [0.3, 0.4) is 0 Å². The monoisotopic (exact) mass is 300 g/mol. The number of carbonyl (C=O) groups excluding carboxylic acids is 1. The number of piperidine rings is 1. The predicted molar refractivity (Wildman–Crippen MR) is 74.3 cm³/mol. The highest BCUT2D eigenvalue weighted by Crippen LogP contribution is 2.27. The van der Waals surface area contributed by atoms with Crippen molar-refractivity contribution in [1.29, 1.82) is 0 Å². The summed E-state index contributed by atoms with van der Waals surface area (Å²) in [5.41, 5.74) is 1.17. The molecule has 112 valence electrons.